The van der Waals surface area contributed by atoms with Gasteiger partial charge in [0, 0.05) is 0 Å². The van der Waals surface area contributed by atoms with Gasteiger partial charge in [0.1, 0.15) is 0 Å². The quantitative estimate of drug-likeness (QED) is 0.514. The van der Waals surface area contributed by atoms with E-state index in [2.05, 4.69) is 56.9 Å². The summed E-state index contributed by atoms with van der Waals surface area (Å²) in [6.07, 6.45) is 2.07. The zero-order valence-electron chi connectivity index (χ0n) is 9.51. The van der Waals surface area contributed by atoms with Crippen LogP contribution in [0.5, 0.6) is 0 Å². The Labute approximate surface area is 88.7 Å². The van der Waals surface area contributed by atoms with Crippen molar-refractivity contribution in [3.8, 4) is 0 Å². The molecule has 0 aliphatic rings. The van der Waals surface area contributed by atoms with Crippen LogP contribution in [0, 0.1) is 6.92 Å². The Bertz CT molecular complexity index is 296. The second-order valence-corrected chi connectivity index (χ2v) is 9.91. The van der Waals surface area contributed by atoms with Gasteiger partial charge in [-0.3, -0.25) is 0 Å². The zero-order valence-corrected chi connectivity index (χ0v) is 10.5. The molecule has 0 N–H and O–H groups in total. The maximum atomic E-state index is 3.84. The highest BCUT2D eigenvalue weighted by atomic mass is 28.3. The van der Waals surface area contributed by atoms with Gasteiger partial charge >= 0.3 is 0 Å². The number of rotatable bonds is 4. The lowest BCUT2D eigenvalue weighted by Gasteiger charge is -2.20. The molecule has 0 spiro atoms. The number of allylic oxidation sites excluding steroid dienone is 1. The van der Waals surface area contributed by atoms with E-state index in [1.807, 2.05) is 0 Å². The van der Waals surface area contributed by atoms with E-state index in [0.29, 0.717) is 0 Å². The van der Waals surface area contributed by atoms with Crippen molar-refractivity contribution in [2.24, 2.45) is 0 Å². The molecule has 0 fully saturated rings. The highest BCUT2D eigenvalue weighted by Gasteiger charge is 2.18. The smallest absolute Gasteiger partial charge is 0.0554 e. The fraction of sp³-hybridized carbons (Fsp3) is 0.385. The molecule has 0 amide bonds. The molecule has 0 saturated carbocycles. The third-order valence-electron chi connectivity index (χ3n) is 2.50. The summed E-state index contributed by atoms with van der Waals surface area (Å²) in [4.78, 5) is 0. The lowest BCUT2D eigenvalue weighted by Crippen LogP contribution is -2.28. The topological polar surface area (TPSA) is 0 Å². The first kappa shape index (κ1) is 11.3. The Morgan fingerprint density at radius 2 is 1.79 bits per heavy atom. The molecule has 0 saturated heterocycles. The van der Waals surface area contributed by atoms with Gasteiger partial charge in [-0.25, -0.2) is 0 Å². The van der Waals surface area contributed by atoms with E-state index in [0.717, 1.165) is 0 Å². The van der Waals surface area contributed by atoms with E-state index >= 15 is 0 Å². The van der Waals surface area contributed by atoms with Crippen LogP contribution in [0.1, 0.15) is 11.1 Å². The fourth-order valence-electron chi connectivity index (χ4n) is 1.72. The molecule has 0 unspecified atom stereocenters. The molecule has 1 aromatic carbocycles. The number of aryl methyl sites for hydroxylation is 1. The van der Waals surface area contributed by atoms with Crippen LogP contribution in [-0.4, -0.2) is 8.07 Å². The van der Waals surface area contributed by atoms with Crippen LogP contribution in [0.4, 0.5) is 0 Å². The number of hydrogen-bond acceptors (Lipinski definition) is 0. The average Bonchev–Trinajstić information content (AvgIpc) is 2.08. The van der Waals surface area contributed by atoms with E-state index in [9.17, 15) is 0 Å². The first-order valence-corrected chi connectivity index (χ1v) is 8.61. The Hall–Kier alpha value is -0.823. The highest BCUT2D eigenvalue weighted by molar-refractivity contribution is 6.77. The van der Waals surface area contributed by atoms with Gasteiger partial charge < -0.3 is 0 Å². The van der Waals surface area contributed by atoms with Crippen LogP contribution < -0.4 is 0 Å². The van der Waals surface area contributed by atoms with E-state index in [4.69, 9.17) is 0 Å². The highest BCUT2D eigenvalue weighted by Crippen LogP contribution is 2.17. The van der Waals surface area contributed by atoms with E-state index in [1.165, 1.54) is 23.2 Å². The molecule has 0 nitrogen and oxygen atoms in total. The summed E-state index contributed by atoms with van der Waals surface area (Å²) in [6.45, 7) is 10.8. The summed E-state index contributed by atoms with van der Waals surface area (Å²) in [7, 11) is -1.08. The Balaban J connectivity index is 2.68. The van der Waals surface area contributed by atoms with Crippen LogP contribution in [-0.2, 0) is 6.04 Å². The Kier molecular flexibility index (Phi) is 3.70. The Morgan fingerprint density at radius 3 is 2.29 bits per heavy atom. The fourth-order valence-corrected chi connectivity index (χ4v) is 3.99. The van der Waals surface area contributed by atoms with Crippen molar-refractivity contribution < 1.29 is 0 Å². The molecule has 0 heterocycles. The molecule has 0 aliphatic carbocycles. The zero-order chi connectivity index (χ0) is 10.6. The lowest BCUT2D eigenvalue weighted by atomic mass is 10.2. The van der Waals surface area contributed by atoms with Gasteiger partial charge in [0.05, 0.1) is 8.07 Å². The molecule has 0 aliphatic heterocycles. The predicted octanol–water partition coefficient (Wildman–Crippen LogP) is 3.97. The molecular weight excluding hydrogens is 184 g/mol. The lowest BCUT2D eigenvalue weighted by molar-refractivity contribution is 1.26. The minimum Gasteiger partial charge on any atom is -0.103 e. The van der Waals surface area contributed by atoms with Crippen molar-refractivity contribution in [2.45, 2.75) is 32.1 Å². The normalized spacial score (nSPS) is 11.4. The van der Waals surface area contributed by atoms with Crippen molar-refractivity contribution in [1.29, 1.82) is 0 Å². The molecule has 0 atom stereocenters. The van der Waals surface area contributed by atoms with Gasteiger partial charge in [-0.15, -0.1) is 6.58 Å². The number of benzene rings is 1. The third-order valence-corrected chi connectivity index (χ3v) is 5.26. The van der Waals surface area contributed by atoms with Crippen molar-refractivity contribution >= 4 is 8.07 Å². The van der Waals surface area contributed by atoms with Gasteiger partial charge in [-0.05, 0) is 19.0 Å². The maximum absolute atomic E-state index is 3.84. The SMILES string of the molecule is C=CC[Si](C)(C)Cc1ccc(C)cc1. The van der Waals surface area contributed by atoms with Crippen LogP contribution in [0.25, 0.3) is 0 Å². The minimum absolute atomic E-state index is 1.08. The van der Waals surface area contributed by atoms with Gasteiger partial charge in [0.15, 0.2) is 0 Å². The monoisotopic (exact) mass is 204 g/mol. The van der Waals surface area contributed by atoms with Gasteiger partial charge in [-0.1, -0.05) is 54.6 Å². The van der Waals surface area contributed by atoms with Crippen molar-refractivity contribution in [3.05, 3.63) is 48.0 Å². The molecular formula is C13H20Si. The molecule has 1 heteroatoms. The summed E-state index contributed by atoms with van der Waals surface area (Å²) in [5.74, 6) is 0. The molecule has 76 valence electrons. The predicted molar refractivity (Wildman–Crippen MR) is 67.4 cm³/mol. The van der Waals surface area contributed by atoms with E-state index in [-0.39, 0.29) is 0 Å². The maximum Gasteiger partial charge on any atom is 0.0554 e. The summed E-state index contributed by atoms with van der Waals surface area (Å²) in [5, 5.41) is 0. The molecule has 14 heavy (non-hydrogen) atoms. The van der Waals surface area contributed by atoms with Gasteiger partial charge in [0.2, 0.25) is 0 Å². The second-order valence-electron chi connectivity index (χ2n) is 4.82. The van der Waals surface area contributed by atoms with Crippen LogP contribution >= 0.6 is 0 Å². The first-order valence-electron chi connectivity index (χ1n) is 5.20. The molecule has 1 rings (SSSR count). The summed E-state index contributed by atoms with van der Waals surface area (Å²) in [6, 6.07) is 11.4. The molecule has 0 bridgehead atoms. The second kappa shape index (κ2) is 4.60. The van der Waals surface area contributed by atoms with Crippen molar-refractivity contribution in [3.63, 3.8) is 0 Å². The standard InChI is InChI=1S/C13H20Si/c1-5-10-14(3,4)11-13-8-6-12(2)7-9-13/h5-9H,1,10-11H2,2-4H3. The van der Waals surface area contributed by atoms with E-state index in [1.54, 1.807) is 0 Å². The molecule has 0 aromatic heterocycles. The molecule has 0 radical (unpaired) electrons. The summed E-state index contributed by atoms with van der Waals surface area (Å²) >= 11 is 0. The third kappa shape index (κ3) is 3.50. The first-order chi connectivity index (χ1) is 6.53. The van der Waals surface area contributed by atoms with Crippen molar-refractivity contribution in [2.75, 3.05) is 0 Å². The van der Waals surface area contributed by atoms with Crippen molar-refractivity contribution in [1.82, 2.24) is 0 Å². The van der Waals surface area contributed by atoms with Crippen LogP contribution in [0.15, 0.2) is 36.9 Å². The molecule has 1 aromatic rings. The van der Waals surface area contributed by atoms with Crippen LogP contribution in [0.3, 0.4) is 0 Å². The summed E-state index contributed by atoms with van der Waals surface area (Å²) in [5.41, 5.74) is 2.83. The Morgan fingerprint density at radius 1 is 1.21 bits per heavy atom. The van der Waals surface area contributed by atoms with Crippen LogP contribution in [0.2, 0.25) is 19.1 Å². The van der Waals surface area contributed by atoms with Gasteiger partial charge in [-0.2, -0.15) is 0 Å². The van der Waals surface area contributed by atoms with Gasteiger partial charge in [0.25, 0.3) is 0 Å². The summed E-state index contributed by atoms with van der Waals surface area (Å²) < 4.78 is 0. The van der Waals surface area contributed by atoms with E-state index < -0.39 is 8.07 Å². The minimum atomic E-state index is -1.08. The largest absolute Gasteiger partial charge is 0.103 e. The number of hydrogen-bond donors (Lipinski definition) is 0. The average molecular weight is 204 g/mol.